The normalized spacial score (nSPS) is 11.2. The first-order valence-corrected chi connectivity index (χ1v) is 13.3. The van der Waals surface area contributed by atoms with Gasteiger partial charge in [0.2, 0.25) is 5.88 Å². The van der Waals surface area contributed by atoms with Gasteiger partial charge in [-0.15, -0.1) is 0 Å². The van der Waals surface area contributed by atoms with E-state index in [1.54, 1.807) is 49.6 Å². The molecule has 216 valence electrons. The Labute approximate surface area is 245 Å². The van der Waals surface area contributed by atoms with Gasteiger partial charge in [-0.1, -0.05) is 29.8 Å². The number of imidazole rings is 1. The standard InChI is InChI=1S/C31H26ClF2N3O5/c1-40-11-10-37-27-13-20(31(38)39)8-9-26(27)35-29(37)14-18-6-7-19(12-23(18)33)25-4-3-5-30(36-25)42-17-22-24(34)15-21(32)16-28(22)41-2/h3-9,12-13,15-16H,10-11,14,17H2,1-2H3,(H,38,39). The minimum Gasteiger partial charge on any atom is -0.496 e. The average Bonchev–Trinajstić information content (AvgIpc) is 3.32. The van der Waals surface area contributed by atoms with Crippen LogP contribution in [0, 0.1) is 11.6 Å². The maximum absolute atomic E-state index is 15.4. The van der Waals surface area contributed by atoms with Crippen LogP contribution < -0.4 is 9.47 Å². The van der Waals surface area contributed by atoms with Crippen molar-refractivity contribution in [2.24, 2.45) is 0 Å². The van der Waals surface area contributed by atoms with Crippen molar-refractivity contribution in [1.82, 2.24) is 14.5 Å². The van der Waals surface area contributed by atoms with Gasteiger partial charge in [-0.3, -0.25) is 0 Å². The zero-order valence-corrected chi connectivity index (χ0v) is 23.5. The molecule has 0 saturated carbocycles. The van der Waals surface area contributed by atoms with Crippen LogP contribution in [0.25, 0.3) is 22.3 Å². The molecule has 0 unspecified atom stereocenters. The van der Waals surface area contributed by atoms with Gasteiger partial charge in [-0.05, 0) is 48.0 Å². The van der Waals surface area contributed by atoms with E-state index in [4.69, 9.17) is 25.8 Å². The smallest absolute Gasteiger partial charge is 0.335 e. The van der Waals surface area contributed by atoms with Gasteiger partial charge in [0, 0.05) is 36.7 Å². The van der Waals surface area contributed by atoms with E-state index in [9.17, 15) is 14.3 Å². The number of carboxylic acids is 1. The van der Waals surface area contributed by atoms with E-state index < -0.39 is 17.6 Å². The number of fused-ring (bicyclic) bond motifs is 1. The van der Waals surface area contributed by atoms with Gasteiger partial charge in [0.05, 0.1) is 41.6 Å². The summed E-state index contributed by atoms with van der Waals surface area (Å²) < 4.78 is 47.8. The number of hydrogen-bond donors (Lipinski definition) is 1. The van der Waals surface area contributed by atoms with Crippen molar-refractivity contribution in [3.63, 3.8) is 0 Å². The number of aromatic carboxylic acids is 1. The van der Waals surface area contributed by atoms with Crippen LogP contribution in [0.15, 0.2) is 66.7 Å². The Morgan fingerprint density at radius 1 is 1.00 bits per heavy atom. The summed E-state index contributed by atoms with van der Waals surface area (Å²) in [6.07, 6.45) is 0.179. The van der Waals surface area contributed by atoms with E-state index in [1.807, 2.05) is 4.57 Å². The van der Waals surface area contributed by atoms with Crippen molar-refractivity contribution >= 4 is 28.6 Å². The third-order valence-electron chi connectivity index (χ3n) is 6.72. The summed E-state index contributed by atoms with van der Waals surface area (Å²) >= 11 is 5.91. The SMILES string of the molecule is COCCn1c(Cc2ccc(-c3cccc(OCc4c(F)cc(Cl)cc4OC)n3)cc2F)nc2ccc(C(=O)O)cc21. The number of pyridine rings is 1. The number of ether oxygens (including phenoxy) is 3. The molecule has 0 aliphatic rings. The van der Waals surface area contributed by atoms with Crippen molar-refractivity contribution in [2.45, 2.75) is 19.6 Å². The summed E-state index contributed by atoms with van der Waals surface area (Å²) in [5.74, 6) is -1.00. The molecular formula is C31H26ClF2N3O5. The van der Waals surface area contributed by atoms with E-state index in [0.717, 1.165) is 0 Å². The predicted molar refractivity (Wildman–Crippen MR) is 153 cm³/mol. The predicted octanol–water partition coefficient (Wildman–Crippen LogP) is 6.55. The first kappa shape index (κ1) is 29.0. The van der Waals surface area contributed by atoms with Crippen LogP contribution in [-0.4, -0.2) is 46.4 Å². The van der Waals surface area contributed by atoms with Gasteiger partial charge in [-0.25, -0.2) is 23.5 Å². The molecule has 11 heteroatoms. The van der Waals surface area contributed by atoms with Gasteiger partial charge in [0.15, 0.2) is 0 Å². The van der Waals surface area contributed by atoms with Crippen molar-refractivity contribution in [2.75, 3.05) is 20.8 Å². The van der Waals surface area contributed by atoms with Gasteiger partial charge in [0.1, 0.15) is 29.8 Å². The van der Waals surface area contributed by atoms with Crippen LogP contribution in [0.2, 0.25) is 5.02 Å². The fraction of sp³-hybridized carbons (Fsp3) is 0.194. The Morgan fingerprint density at radius 2 is 1.83 bits per heavy atom. The van der Waals surface area contributed by atoms with Gasteiger partial charge in [-0.2, -0.15) is 0 Å². The molecule has 5 aromatic rings. The molecule has 8 nitrogen and oxygen atoms in total. The molecule has 0 atom stereocenters. The van der Waals surface area contributed by atoms with Crippen molar-refractivity contribution in [3.05, 3.63) is 106 Å². The zero-order valence-electron chi connectivity index (χ0n) is 22.7. The molecule has 5 rings (SSSR count). The average molecular weight is 594 g/mol. The highest BCUT2D eigenvalue weighted by atomic mass is 35.5. The lowest BCUT2D eigenvalue weighted by Gasteiger charge is -2.12. The molecule has 0 bridgehead atoms. The minimum absolute atomic E-state index is 0.138. The first-order chi connectivity index (χ1) is 20.3. The van der Waals surface area contributed by atoms with E-state index in [-0.39, 0.29) is 40.8 Å². The van der Waals surface area contributed by atoms with Crippen LogP contribution >= 0.6 is 11.6 Å². The number of hydrogen-bond acceptors (Lipinski definition) is 6. The Hall–Kier alpha value is -4.54. The maximum Gasteiger partial charge on any atom is 0.335 e. The zero-order chi connectivity index (χ0) is 29.8. The molecule has 3 aromatic carbocycles. The number of rotatable bonds is 11. The van der Waals surface area contributed by atoms with Crippen molar-refractivity contribution in [1.29, 1.82) is 0 Å². The number of carboxylic acid groups (broad SMARTS) is 1. The molecule has 2 heterocycles. The quantitative estimate of drug-likeness (QED) is 0.185. The minimum atomic E-state index is -1.04. The number of benzene rings is 3. The summed E-state index contributed by atoms with van der Waals surface area (Å²) in [7, 11) is 2.98. The van der Waals surface area contributed by atoms with E-state index in [1.165, 1.54) is 31.4 Å². The summed E-state index contributed by atoms with van der Waals surface area (Å²) in [6.45, 7) is 0.653. The number of aromatic nitrogens is 3. The highest BCUT2D eigenvalue weighted by molar-refractivity contribution is 6.30. The van der Waals surface area contributed by atoms with Crippen LogP contribution in [0.4, 0.5) is 8.78 Å². The lowest BCUT2D eigenvalue weighted by molar-refractivity contribution is 0.0697. The highest BCUT2D eigenvalue weighted by Gasteiger charge is 2.17. The van der Waals surface area contributed by atoms with Gasteiger partial charge < -0.3 is 23.9 Å². The number of methoxy groups -OCH3 is 2. The third kappa shape index (κ3) is 6.19. The van der Waals surface area contributed by atoms with E-state index >= 15 is 4.39 Å². The van der Waals surface area contributed by atoms with Crippen molar-refractivity contribution in [3.8, 4) is 22.9 Å². The Morgan fingerprint density at radius 3 is 2.57 bits per heavy atom. The largest absolute Gasteiger partial charge is 0.496 e. The topological polar surface area (TPSA) is 95.7 Å². The monoisotopic (exact) mass is 593 g/mol. The lowest BCUT2D eigenvalue weighted by Crippen LogP contribution is -2.10. The van der Waals surface area contributed by atoms with E-state index in [0.29, 0.717) is 46.8 Å². The molecule has 0 aliphatic heterocycles. The highest BCUT2D eigenvalue weighted by Crippen LogP contribution is 2.29. The molecule has 42 heavy (non-hydrogen) atoms. The summed E-state index contributed by atoms with van der Waals surface area (Å²) in [5, 5.41) is 9.62. The molecule has 1 N–H and O–H groups in total. The molecule has 0 saturated heterocycles. The van der Waals surface area contributed by atoms with Crippen LogP contribution in [0.5, 0.6) is 11.6 Å². The summed E-state index contributed by atoms with van der Waals surface area (Å²) in [6, 6.07) is 17.2. The molecule has 0 amide bonds. The fourth-order valence-electron chi connectivity index (χ4n) is 4.60. The van der Waals surface area contributed by atoms with Gasteiger partial charge in [0.25, 0.3) is 0 Å². The van der Waals surface area contributed by atoms with Crippen LogP contribution in [-0.2, 0) is 24.3 Å². The number of halogens is 3. The Kier molecular flexibility index (Phi) is 8.65. The summed E-state index contributed by atoms with van der Waals surface area (Å²) in [5.41, 5.74) is 2.98. The second-order valence-electron chi connectivity index (χ2n) is 9.38. The molecule has 2 aromatic heterocycles. The third-order valence-corrected chi connectivity index (χ3v) is 6.94. The summed E-state index contributed by atoms with van der Waals surface area (Å²) in [4.78, 5) is 20.6. The Bertz CT molecular complexity index is 1780. The molecule has 0 spiro atoms. The lowest BCUT2D eigenvalue weighted by atomic mass is 10.1. The number of nitrogens with zero attached hydrogens (tertiary/aromatic N) is 3. The second-order valence-corrected chi connectivity index (χ2v) is 9.82. The number of carbonyl (C=O) groups is 1. The first-order valence-electron chi connectivity index (χ1n) is 12.9. The molecular weight excluding hydrogens is 568 g/mol. The van der Waals surface area contributed by atoms with Crippen LogP contribution in [0.1, 0.15) is 27.3 Å². The second kappa shape index (κ2) is 12.5. The molecule has 0 radical (unpaired) electrons. The fourth-order valence-corrected chi connectivity index (χ4v) is 4.79. The van der Waals surface area contributed by atoms with Crippen LogP contribution in [0.3, 0.4) is 0 Å². The molecule has 0 fully saturated rings. The molecule has 0 aliphatic carbocycles. The Balaban J connectivity index is 1.38. The van der Waals surface area contributed by atoms with Gasteiger partial charge >= 0.3 is 5.97 Å². The van der Waals surface area contributed by atoms with E-state index in [2.05, 4.69) is 9.97 Å². The maximum atomic E-state index is 15.4. The van der Waals surface area contributed by atoms with Crippen molar-refractivity contribution < 1.29 is 32.9 Å².